The van der Waals surface area contributed by atoms with Crippen LogP contribution in [0, 0.1) is 11.8 Å². The van der Waals surface area contributed by atoms with Crippen molar-refractivity contribution in [1.29, 1.82) is 0 Å². The number of carbonyl (C=O) groups is 2. The lowest BCUT2D eigenvalue weighted by Gasteiger charge is -2.04. The molecule has 0 saturated heterocycles. The molecular weight excluding hydrogens is 140 g/mol. The summed E-state index contributed by atoms with van der Waals surface area (Å²) in [5, 5.41) is 0. The third-order valence-electron chi connectivity index (χ3n) is 2.13. The van der Waals surface area contributed by atoms with Crippen molar-refractivity contribution in [2.45, 2.75) is 20.3 Å². The average Bonchev–Trinajstić information content (AvgIpc) is 2.33. The zero-order chi connectivity index (χ0) is 8.43. The quantitative estimate of drug-likeness (QED) is 0.560. The summed E-state index contributed by atoms with van der Waals surface area (Å²) in [5.74, 6) is 0.294. The number of hydrogen-bond acceptors (Lipinski definition) is 2. The summed E-state index contributed by atoms with van der Waals surface area (Å²) in [6.07, 6.45) is 4.37. The first kappa shape index (κ1) is 8.18. The van der Waals surface area contributed by atoms with Gasteiger partial charge in [-0.1, -0.05) is 12.2 Å². The highest BCUT2D eigenvalue weighted by Crippen LogP contribution is 2.24. The molecule has 0 saturated carbocycles. The smallest absolute Gasteiger partial charge is 0.136 e. The zero-order valence-corrected chi connectivity index (χ0v) is 6.83. The lowest BCUT2D eigenvalue weighted by molar-refractivity contribution is -0.121. The molecule has 2 heteroatoms. The molecule has 0 spiro atoms. The molecule has 0 aromatic heterocycles. The second-order valence-corrected chi connectivity index (χ2v) is 3.05. The van der Waals surface area contributed by atoms with Crippen molar-refractivity contribution >= 4 is 11.6 Å². The van der Waals surface area contributed by atoms with E-state index in [9.17, 15) is 9.59 Å². The summed E-state index contributed by atoms with van der Waals surface area (Å²) in [7, 11) is 0. The highest BCUT2D eigenvalue weighted by molar-refractivity contribution is 5.85. The number of Topliss-reactive ketones (excluding diaryl/α,β-unsaturated/α-hetero) is 2. The van der Waals surface area contributed by atoms with E-state index in [4.69, 9.17) is 0 Å². The Morgan fingerprint density at radius 1 is 1.09 bits per heavy atom. The summed E-state index contributed by atoms with van der Waals surface area (Å²) < 4.78 is 0. The van der Waals surface area contributed by atoms with Crippen LogP contribution in [0.25, 0.3) is 0 Å². The molecule has 0 bridgehead atoms. The molecule has 0 aromatic rings. The van der Waals surface area contributed by atoms with Gasteiger partial charge in [-0.25, -0.2) is 0 Å². The predicted octanol–water partition coefficient (Wildman–Crippen LogP) is 1.36. The maximum atomic E-state index is 10.9. The van der Waals surface area contributed by atoms with E-state index in [0.717, 1.165) is 0 Å². The molecule has 0 fully saturated rings. The predicted molar refractivity (Wildman–Crippen MR) is 42.1 cm³/mol. The molecule has 60 valence electrons. The Bertz CT molecular complexity index is 194. The normalized spacial score (nSPS) is 28.9. The summed E-state index contributed by atoms with van der Waals surface area (Å²) in [4.78, 5) is 21.7. The van der Waals surface area contributed by atoms with E-state index < -0.39 is 0 Å². The van der Waals surface area contributed by atoms with Crippen LogP contribution in [-0.2, 0) is 9.59 Å². The van der Waals surface area contributed by atoms with Crippen molar-refractivity contribution < 1.29 is 9.59 Å². The molecular formula is C9H12O2. The minimum atomic E-state index is -0.0103. The van der Waals surface area contributed by atoms with E-state index in [1.54, 1.807) is 13.8 Å². The van der Waals surface area contributed by atoms with Gasteiger partial charge < -0.3 is 0 Å². The van der Waals surface area contributed by atoms with Crippen LogP contribution in [-0.4, -0.2) is 11.6 Å². The standard InChI is InChI=1S/C9H12O2/c1-6(10)8-3-4-9(5-8)7(2)11/h3-4,8-9H,5H2,1-2H3/t8-,9+. The van der Waals surface area contributed by atoms with E-state index in [-0.39, 0.29) is 23.4 Å². The highest BCUT2D eigenvalue weighted by atomic mass is 16.1. The Labute approximate surface area is 66.3 Å². The van der Waals surface area contributed by atoms with Crippen molar-refractivity contribution in [2.75, 3.05) is 0 Å². The highest BCUT2D eigenvalue weighted by Gasteiger charge is 2.24. The number of carbonyl (C=O) groups excluding carboxylic acids is 2. The van der Waals surface area contributed by atoms with Crippen molar-refractivity contribution in [3.05, 3.63) is 12.2 Å². The Morgan fingerprint density at radius 2 is 1.45 bits per heavy atom. The lowest BCUT2D eigenvalue weighted by Crippen LogP contribution is -2.11. The van der Waals surface area contributed by atoms with Gasteiger partial charge in [-0.15, -0.1) is 0 Å². The zero-order valence-electron chi connectivity index (χ0n) is 6.83. The Hall–Kier alpha value is -0.920. The Morgan fingerprint density at radius 3 is 1.64 bits per heavy atom. The fourth-order valence-electron chi connectivity index (χ4n) is 1.30. The number of rotatable bonds is 2. The largest absolute Gasteiger partial charge is 0.299 e. The Kier molecular flexibility index (Phi) is 2.22. The second kappa shape index (κ2) is 2.99. The average molecular weight is 152 g/mol. The molecule has 0 N–H and O–H groups in total. The Balaban J connectivity index is 2.56. The molecule has 0 heterocycles. The molecule has 1 aliphatic carbocycles. The number of hydrogen-bond donors (Lipinski definition) is 0. The molecule has 2 nitrogen and oxygen atoms in total. The van der Waals surface area contributed by atoms with Crippen LogP contribution in [0.2, 0.25) is 0 Å². The van der Waals surface area contributed by atoms with Crippen LogP contribution >= 0.6 is 0 Å². The molecule has 11 heavy (non-hydrogen) atoms. The van der Waals surface area contributed by atoms with Gasteiger partial charge in [0.05, 0.1) is 0 Å². The van der Waals surface area contributed by atoms with Gasteiger partial charge in [0.15, 0.2) is 0 Å². The molecule has 2 atom stereocenters. The van der Waals surface area contributed by atoms with Gasteiger partial charge in [0.25, 0.3) is 0 Å². The van der Waals surface area contributed by atoms with E-state index in [0.29, 0.717) is 6.42 Å². The van der Waals surface area contributed by atoms with E-state index in [1.165, 1.54) is 0 Å². The van der Waals surface area contributed by atoms with Gasteiger partial charge >= 0.3 is 0 Å². The van der Waals surface area contributed by atoms with Crippen LogP contribution in [0.1, 0.15) is 20.3 Å². The fraction of sp³-hybridized carbons (Fsp3) is 0.556. The number of allylic oxidation sites excluding steroid dienone is 2. The van der Waals surface area contributed by atoms with Crippen molar-refractivity contribution in [3.8, 4) is 0 Å². The summed E-state index contributed by atoms with van der Waals surface area (Å²) >= 11 is 0. The van der Waals surface area contributed by atoms with E-state index in [1.807, 2.05) is 12.2 Å². The molecule has 1 rings (SSSR count). The second-order valence-electron chi connectivity index (χ2n) is 3.05. The first-order valence-electron chi connectivity index (χ1n) is 3.80. The van der Waals surface area contributed by atoms with Gasteiger partial charge in [0, 0.05) is 11.8 Å². The van der Waals surface area contributed by atoms with Crippen LogP contribution in [0.4, 0.5) is 0 Å². The van der Waals surface area contributed by atoms with Crippen molar-refractivity contribution in [3.63, 3.8) is 0 Å². The summed E-state index contributed by atoms with van der Waals surface area (Å²) in [6.45, 7) is 3.13. The minimum Gasteiger partial charge on any atom is -0.299 e. The first-order chi connectivity index (χ1) is 5.11. The van der Waals surface area contributed by atoms with Crippen LogP contribution in [0.5, 0.6) is 0 Å². The van der Waals surface area contributed by atoms with Gasteiger partial charge in [-0.2, -0.15) is 0 Å². The van der Waals surface area contributed by atoms with E-state index >= 15 is 0 Å². The summed E-state index contributed by atoms with van der Waals surface area (Å²) in [5.41, 5.74) is 0. The first-order valence-corrected chi connectivity index (χ1v) is 3.80. The van der Waals surface area contributed by atoms with Gasteiger partial charge in [-0.05, 0) is 20.3 Å². The lowest BCUT2D eigenvalue weighted by atomic mass is 9.98. The number of ketones is 2. The molecule has 0 amide bonds. The van der Waals surface area contributed by atoms with Gasteiger partial charge in [0.2, 0.25) is 0 Å². The minimum absolute atomic E-state index is 0.0103. The van der Waals surface area contributed by atoms with Crippen LogP contribution in [0.15, 0.2) is 12.2 Å². The van der Waals surface area contributed by atoms with Crippen LogP contribution in [0.3, 0.4) is 0 Å². The maximum absolute atomic E-state index is 10.9. The van der Waals surface area contributed by atoms with Gasteiger partial charge in [-0.3, -0.25) is 9.59 Å². The third-order valence-corrected chi connectivity index (χ3v) is 2.13. The maximum Gasteiger partial charge on any atom is 0.136 e. The molecule has 0 aliphatic heterocycles. The van der Waals surface area contributed by atoms with Gasteiger partial charge in [0.1, 0.15) is 11.6 Å². The molecule has 0 aromatic carbocycles. The SMILES string of the molecule is CC(=O)[C@@H]1C=C[C@H](C(C)=O)C1. The molecule has 0 unspecified atom stereocenters. The van der Waals surface area contributed by atoms with Crippen molar-refractivity contribution in [2.24, 2.45) is 11.8 Å². The van der Waals surface area contributed by atoms with Crippen molar-refractivity contribution in [1.82, 2.24) is 0 Å². The van der Waals surface area contributed by atoms with Crippen LogP contribution < -0.4 is 0 Å². The third kappa shape index (κ3) is 1.76. The summed E-state index contributed by atoms with van der Waals surface area (Å²) in [6, 6.07) is 0. The fourth-order valence-corrected chi connectivity index (χ4v) is 1.30. The monoisotopic (exact) mass is 152 g/mol. The molecule has 0 radical (unpaired) electrons. The van der Waals surface area contributed by atoms with E-state index in [2.05, 4.69) is 0 Å². The molecule has 1 aliphatic rings. The topological polar surface area (TPSA) is 34.1 Å².